The van der Waals surface area contributed by atoms with Gasteiger partial charge in [-0.3, -0.25) is 0 Å². The molecule has 3 aromatic rings. The third kappa shape index (κ3) is 3.81. The van der Waals surface area contributed by atoms with Crippen molar-refractivity contribution in [2.75, 3.05) is 18.5 Å². The zero-order valence-electron chi connectivity index (χ0n) is 15.7. The lowest BCUT2D eigenvalue weighted by atomic mass is 10.1. The molecule has 1 aromatic carbocycles. The number of fused-ring (bicyclic) bond motifs is 1. The minimum atomic E-state index is -0.669. The third-order valence-corrected chi connectivity index (χ3v) is 4.93. The van der Waals surface area contributed by atoms with Crippen LogP contribution in [0.3, 0.4) is 0 Å². The van der Waals surface area contributed by atoms with Crippen LogP contribution in [0, 0.1) is 6.92 Å². The number of aliphatic hydroxyl groups is 1. The molecule has 1 fully saturated rings. The molecular weight excluding hydrogens is 382 g/mol. The van der Waals surface area contributed by atoms with Crippen LogP contribution in [-0.4, -0.2) is 50.2 Å². The van der Waals surface area contributed by atoms with Gasteiger partial charge >= 0.3 is 0 Å². The largest absolute Gasteiger partial charge is 0.389 e. The second kappa shape index (κ2) is 8.00. The molecule has 1 aliphatic heterocycles. The van der Waals surface area contributed by atoms with E-state index in [9.17, 15) is 5.11 Å². The fraction of sp³-hybridized carbons (Fsp3) is 0.421. The zero-order valence-corrected chi connectivity index (χ0v) is 16.4. The summed E-state index contributed by atoms with van der Waals surface area (Å²) in [5, 5.41) is 14.4. The van der Waals surface area contributed by atoms with Crippen LogP contribution in [0.4, 0.5) is 11.5 Å². The number of aliphatic hydroxyl groups excluding tert-OH is 1. The van der Waals surface area contributed by atoms with Crippen molar-refractivity contribution in [2.45, 2.75) is 38.7 Å². The number of hydrogen-bond donors (Lipinski definition) is 2. The van der Waals surface area contributed by atoms with Gasteiger partial charge in [0.1, 0.15) is 5.82 Å². The van der Waals surface area contributed by atoms with Crippen LogP contribution in [0.25, 0.3) is 11.2 Å². The number of rotatable bonds is 5. The van der Waals surface area contributed by atoms with Gasteiger partial charge < -0.3 is 24.5 Å². The maximum atomic E-state index is 10.5. The average Bonchev–Trinajstić information content (AvgIpc) is 3.09. The van der Waals surface area contributed by atoms with Crippen LogP contribution in [0.1, 0.15) is 25.2 Å². The summed E-state index contributed by atoms with van der Waals surface area (Å²) in [4.78, 5) is 13.6. The first-order valence-corrected chi connectivity index (χ1v) is 9.58. The van der Waals surface area contributed by atoms with E-state index < -0.39 is 6.10 Å². The van der Waals surface area contributed by atoms with Crippen molar-refractivity contribution in [3.05, 3.63) is 41.4 Å². The molecule has 0 spiro atoms. The smallest absolute Gasteiger partial charge is 0.166 e. The van der Waals surface area contributed by atoms with Crippen molar-refractivity contribution in [1.29, 1.82) is 0 Å². The van der Waals surface area contributed by atoms with Gasteiger partial charge in [0.2, 0.25) is 0 Å². The normalized spacial score (nSPS) is 22.5. The Bertz CT molecular complexity index is 962. The molecule has 9 heteroatoms. The van der Waals surface area contributed by atoms with Crippen LogP contribution < -0.4 is 5.32 Å². The van der Waals surface area contributed by atoms with E-state index in [4.69, 9.17) is 21.1 Å². The monoisotopic (exact) mass is 403 g/mol. The van der Waals surface area contributed by atoms with E-state index in [1.807, 2.05) is 30.5 Å². The van der Waals surface area contributed by atoms with E-state index in [1.165, 1.54) is 0 Å². The standard InChI is InChI=1S/C19H22ClN5O3/c1-3-27-16-8-14(15(26)9-28-16)25-10-21-17-18(22-11(2)23-19(17)25)24-13-6-4-12(20)5-7-13/h4-7,10,14-16,26H,3,8-9H2,1-2H3,(H,22,23,24)/t14-,15-,16+/m1/s1. The Morgan fingerprint density at radius 3 is 2.86 bits per heavy atom. The number of halogens is 1. The number of hydrogen-bond acceptors (Lipinski definition) is 7. The minimum Gasteiger partial charge on any atom is -0.389 e. The summed E-state index contributed by atoms with van der Waals surface area (Å²) in [6.45, 7) is 4.50. The molecule has 3 atom stereocenters. The molecule has 0 radical (unpaired) electrons. The summed E-state index contributed by atoms with van der Waals surface area (Å²) in [5.74, 6) is 1.21. The van der Waals surface area contributed by atoms with Crippen LogP contribution in [-0.2, 0) is 9.47 Å². The van der Waals surface area contributed by atoms with Crippen molar-refractivity contribution in [2.24, 2.45) is 0 Å². The molecule has 8 nitrogen and oxygen atoms in total. The number of nitrogens with one attached hydrogen (secondary N) is 1. The number of ether oxygens (including phenoxy) is 2. The van der Waals surface area contributed by atoms with E-state index in [1.54, 1.807) is 18.5 Å². The zero-order chi connectivity index (χ0) is 19.7. The van der Waals surface area contributed by atoms with Crippen molar-refractivity contribution in [3.8, 4) is 0 Å². The molecule has 1 saturated heterocycles. The van der Waals surface area contributed by atoms with Gasteiger partial charge in [0.25, 0.3) is 0 Å². The quantitative estimate of drug-likeness (QED) is 0.675. The molecule has 0 bridgehead atoms. The van der Waals surface area contributed by atoms with Gasteiger partial charge in [-0.1, -0.05) is 11.6 Å². The molecule has 1 aliphatic rings. The van der Waals surface area contributed by atoms with Crippen molar-refractivity contribution < 1.29 is 14.6 Å². The average molecular weight is 404 g/mol. The van der Waals surface area contributed by atoms with E-state index in [-0.39, 0.29) is 18.9 Å². The molecule has 28 heavy (non-hydrogen) atoms. The van der Waals surface area contributed by atoms with Crippen molar-refractivity contribution >= 4 is 34.3 Å². The summed E-state index contributed by atoms with van der Waals surface area (Å²) >= 11 is 5.96. The van der Waals surface area contributed by atoms with Crippen molar-refractivity contribution in [3.63, 3.8) is 0 Å². The SMILES string of the molecule is CCO[C@@H]1C[C@@H](n2cnc3c(Nc4ccc(Cl)cc4)nc(C)nc32)[C@H](O)CO1. The predicted octanol–water partition coefficient (Wildman–Crippen LogP) is 3.22. The van der Waals surface area contributed by atoms with Gasteiger partial charge in [0.15, 0.2) is 23.3 Å². The lowest BCUT2D eigenvalue weighted by Crippen LogP contribution is -2.39. The summed E-state index contributed by atoms with van der Waals surface area (Å²) in [6, 6.07) is 7.11. The number of nitrogens with zero attached hydrogens (tertiary/aromatic N) is 4. The topological polar surface area (TPSA) is 94.3 Å². The van der Waals surface area contributed by atoms with Gasteiger partial charge in [-0.05, 0) is 38.1 Å². The lowest BCUT2D eigenvalue weighted by Gasteiger charge is -2.33. The van der Waals surface area contributed by atoms with Crippen molar-refractivity contribution in [1.82, 2.24) is 19.5 Å². The molecule has 4 rings (SSSR count). The highest BCUT2D eigenvalue weighted by atomic mass is 35.5. The fourth-order valence-corrected chi connectivity index (χ4v) is 3.49. The number of imidazole rings is 1. The first-order valence-electron chi connectivity index (χ1n) is 9.20. The maximum Gasteiger partial charge on any atom is 0.166 e. The molecule has 0 aliphatic carbocycles. The first-order chi connectivity index (χ1) is 13.5. The minimum absolute atomic E-state index is 0.203. The Morgan fingerprint density at radius 1 is 1.32 bits per heavy atom. The lowest BCUT2D eigenvalue weighted by molar-refractivity contribution is -0.197. The summed E-state index contributed by atoms with van der Waals surface area (Å²) in [5.41, 5.74) is 2.14. The molecular formula is C19H22ClN5O3. The second-order valence-corrected chi connectivity index (χ2v) is 7.10. The Kier molecular flexibility index (Phi) is 5.45. The van der Waals surface area contributed by atoms with Gasteiger partial charge in [0, 0.05) is 23.7 Å². The molecule has 2 N–H and O–H groups in total. The number of anilines is 2. The van der Waals surface area contributed by atoms with E-state index in [0.717, 1.165) is 5.69 Å². The highest BCUT2D eigenvalue weighted by Crippen LogP contribution is 2.31. The number of aromatic nitrogens is 4. The molecule has 0 amide bonds. The highest BCUT2D eigenvalue weighted by molar-refractivity contribution is 6.30. The van der Waals surface area contributed by atoms with Gasteiger partial charge in [-0.25, -0.2) is 15.0 Å². The van der Waals surface area contributed by atoms with Crippen LogP contribution >= 0.6 is 11.6 Å². The van der Waals surface area contributed by atoms with E-state index >= 15 is 0 Å². The Hall–Kier alpha value is -2.26. The highest BCUT2D eigenvalue weighted by Gasteiger charge is 2.33. The van der Waals surface area contributed by atoms with Gasteiger partial charge in [0.05, 0.1) is 25.1 Å². The predicted molar refractivity (Wildman–Crippen MR) is 106 cm³/mol. The molecule has 3 heterocycles. The fourth-order valence-electron chi connectivity index (χ4n) is 3.37. The summed E-state index contributed by atoms with van der Waals surface area (Å²) < 4.78 is 13.0. The van der Waals surface area contributed by atoms with Crippen LogP contribution in [0.5, 0.6) is 0 Å². The molecule has 0 saturated carbocycles. The second-order valence-electron chi connectivity index (χ2n) is 6.66. The van der Waals surface area contributed by atoms with Crippen LogP contribution in [0.15, 0.2) is 30.6 Å². The third-order valence-electron chi connectivity index (χ3n) is 4.68. The Balaban J connectivity index is 1.69. The maximum absolute atomic E-state index is 10.5. The van der Waals surface area contributed by atoms with Crippen LogP contribution in [0.2, 0.25) is 5.02 Å². The van der Waals surface area contributed by atoms with E-state index in [0.29, 0.717) is 40.9 Å². The van der Waals surface area contributed by atoms with E-state index in [2.05, 4.69) is 20.3 Å². The first kappa shape index (κ1) is 19.1. The summed E-state index contributed by atoms with van der Waals surface area (Å²) in [7, 11) is 0. The Labute approximate surface area is 167 Å². The molecule has 148 valence electrons. The molecule has 0 unspecified atom stereocenters. The molecule has 2 aromatic heterocycles. The number of aryl methyl sites for hydroxylation is 1. The Morgan fingerprint density at radius 2 is 2.11 bits per heavy atom. The number of benzene rings is 1. The van der Waals surface area contributed by atoms with Gasteiger partial charge in [-0.2, -0.15) is 0 Å². The summed E-state index contributed by atoms with van der Waals surface area (Å²) in [6.07, 6.45) is 1.18. The van der Waals surface area contributed by atoms with Gasteiger partial charge in [-0.15, -0.1) is 0 Å².